The number of hydrogen-bond donors (Lipinski definition) is 7. The van der Waals surface area contributed by atoms with Crippen LogP contribution >= 0.6 is 0 Å². The molecular weight excluding hydrogens is 432 g/mol. The molecule has 9 nitrogen and oxygen atoms in total. The van der Waals surface area contributed by atoms with Gasteiger partial charge in [0.2, 0.25) is 0 Å². The van der Waals surface area contributed by atoms with Crippen LogP contribution in [0.4, 0.5) is 0 Å². The molecule has 0 spiro atoms. The third-order valence-electron chi connectivity index (χ3n) is 5.29. The lowest BCUT2D eigenvalue weighted by molar-refractivity contribution is -0.134. The minimum atomic E-state index is -1.67. The lowest BCUT2D eigenvalue weighted by atomic mass is 10.0. The minimum Gasteiger partial charge on any atom is -0.478 e. The van der Waals surface area contributed by atoms with Gasteiger partial charge < -0.3 is 40.5 Å². The maximum Gasteiger partial charge on any atom is 0.331 e. The van der Waals surface area contributed by atoms with Crippen molar-refractivity contribution in [2.45, 2.75) is 96.4 Å². The zero-order valence-corrected chi connectivity index (χ0v) is 20.1. The summed E-state index contributed by atoms with van der Waals surface area (Å²) in [7, 11) is 0. The quantitative estimate of drug-likeness (QED) is 0.120. The lowest BCUT2D eigenvalue weighted by Crippen LogP contribution is -2.47. The molecule has 0 saturated carbocycles. The molecule has 0 aromatic carbocycles. The van der Waals surface area contributed by atoms with Crippen LogP contribution in [0.25, 0.3) is 0 Å². The highest BCUT2D eigenvalue weighted by Crippen LogP contribution is 2.14. The Morgan fingerprint density at radius 3 is 2.06 bits per heavy atom. The van der Waals surface area contributed by atoms with Gasteiger partial charge in [0.1, 0.15) is 24.4 Å². The first-order chi connectivity index (χ1) is 15.4. The maximum atomic E-state index is 10.8. The Labute approximate surface area is 196 Å². The first-order valence-electron chi connectivity index (χ1n) is 11.2. The molecule has 6 atom stereocenters. The Balaban J connectivity index is 4.27. The number of allylic oxidation sites excluding steroid dienone is 3. The van der Waals surface area contributed by atoms with Crippen molar-refractivity contribution in [2.24, 2.45) is 0 Å². The van der Waals surface area contributed by atoms with Gasteiger partial charge in [-0.15, -0.1) is 0 Å². The molecular formula is C24H42O9. The third kappa shape index (κ3) is 14.3. The van der Waals surface area contributed by atoms with Gasteiger partial charge in [0, 0.05) is 5.57 Å². The molecule has 0 rings (SSSR count). The molecule has 0 bridgehead atoms. The number of carboxylic acids is 1. The monoisotopic (exact) mass is 474 g/mol. The molecule has 0 heterocycles. The highest BCUT2D eigenvalue weighted by Gasteiger charge is 2.30. The van der Waals surface area contributed by atoms with Crippen molar-refractivity contribution >= 4 is 5.97 Å². The standard InChI is InChI=1S/C24H42O9/c1-15(7-5-9-16(2)11-19(26)12-17(3)24(31)32)8-6-10-18(4)33-14-21(28)23(30)22(29)20(27)13-25/h8-9,12,18-23,25-30H,5-7,10-11,13-14H2,1-4H3,(H,31,32)/b15-8+,16-9+,17-12+. The van der Waals surface area contributed by atoms with E-state index in [0.29, 0.717) is 12.8 Å². The number of carboxylic acid groups (broad SMARTS) is 1. The molecule has 0 aliphatic heterocycles. The largest absolute Gasteiger partial charge is 0.478 e. The first-order valence-corrected chi connectivity index (χ1v) is 11.2. The molecule has 0 aromatic heterocycles. The zero-order valence-electron chi connectivity index (χ0n) is 20.1. The second-order valence-electron chi connectivity index (χ2n) is 8.59. The van der Waals surface area contributed by atoms with Crippen molar-refractivity contribution in [2.75, 3.05) is 13.2 Å². The number of ether oxygens (including phenoxy) is 1. The van der Waals surface area contributed by atoms with E-state index in [1.54, 1.807) is 0 Å². The van der Waals surface area contributed by atoms with Crippen molar-refractivity contribution in [3.63, 3.8) is 0 Å². The summed E-state index contributed by atoms with van der Waals surface area (Å²) in [5.41, 5.74) is 2.31. The molecule has 0 aromatic rings. The summed E-state index contributed by atoms with van der Waals surface area (Å²) < 4.78 is 5.49. The van der Waals surface area contributed by atoms with Crippen LogP contribution in [0.1, 0.15) is 59.8 Å². The fraction of sp³-hybridized carbons (Fsp3) is 0.708. The van der Waals surface area contributed by atoms with Gasteiger partial charge in [0.25, 0.3) is 0 Å². The fourth-order valence-electron chi connectivity index (χ4n) is 3.05. The van der Waals surface area contributed by atoms with Crippen LogP contribution in [0.15, 0.2) is 34.9 Å². The van der Waals surface area contributed by atoms with Gasteiger partial charge in [-0.05, 0) is 65.9 Å². The molecule has 6 unspecified atom stereocenters. The predicted octanol–water partition coefficient (Wildman–Crippen LogP) is 1.06. The van der Waals surface area contributed by atoms with E-state index in [9.17, 15) is 30.3 Å². The van der Waals surface area contributed by atoms with Crippen LogP contribution in [-0.2, 0) is 9.53 Å². The van der Waals surface area contributed by atoms with E-state index in [1.165, 1.54) is 18.6 Å². The first kappa shape index (κ1) is 31.4. The van der Waals surface area contributed by atoms with Gasteiger partial charge in [-0.1, -0.05) is 23.3 Å². The van der Waals surface area contributed by atoms with Crippen LogP contribution in [-0.4, -0.2) is 91.6 Å². The second-order valence-corrected chi connectivity index (χ2v) is 8.59. The summed E-state index contributed by atoms with van der Waals surface area (Å²) in [4.78, 5) is 10.8. The Hall–Kier alpha value is -1.59. The van der Waals surface area contributed by atoms with Crippen molar-refractivity contribution in [3.05, 3.63) is 34.9 Å². The molecule has 0 aliphatic rings. The van der Waals surface area contributed by atoms with E-state index in [1.807, 2.05) is 26.8 Å². The summed E-state index contributed by atoms with van der Waals surface area (Å²) in [6.45, 7) is 6.27. The van der Waals surface area contributed by atoms with Crippen LogP contribution in [0, 0.1) is 0 Å². The van der Waals surface area contributed by atoms with E-state index in [4.69, 9.17) is 14.9 Å². The number of rotatable bonds is 17. The Kier molecular flexibility index (Phi) is 16.1. The van der Waals surface area contributed by atoms with Gasteiger partial charge in [-0.2, -0.15) is 0 Å². The molecule has 0 amide bonds. The number of hydrogen-bond acceptors (Lipinski definition) is 8. The zero-order chi connectivity index (χ0) is 25.6. The van der Waals surface area contributed by atoms with Gasteiger partial charge in [0.15, 0.2) is 0 Å². The van der Waals surface area contributed by atoms with E-state index in [2.05, 4.69) is 6.08 Å². The molecule has 0 radical (unpaired) electrons. The maximum absolute atomic E-state index is 10.8. The number of aliphatic hydroxyl groups excluding tert-OH is 6. The summed E-state index contributed by atoms with van der Waals surface area (Å²) in [6, 6.07) is 0. The average Bonchev–Trinajstić information content (AvgIpc) is 2.75. The highest BCUT2D eigenvalue weighted by atomic mass is 16.5. The van der Waals surface area contributed by atoms with Gasteiger partial charge in [0.05, 0.1) is 25.4 Å². The van der Waals surface area contributed by atoms with Crippen molar-refractivity contribution < 1.29 is 45.3 Å². The minimum absolute atomic E-state index is 0.121. The average molecular weight is 475 g/mol. The number of aliphatic carboxylic acids is 1. The molecule has 0 fully saturated rings. The molecule has 7 N–H and O–H groups in total. The molecule has 33 heavy (non-hydrogen) atoms. The lowest BCUT2D eigenvalue weighted by Gasteiger charge is -2.26. The Morgan fingerprint density at radius 2 is 1.48 bits per heavy atom. The summed E-state index contributed by atoms with van der Waals surface area (Å²) in [6.07, 6.45) is 1.73. The second kappa shape index (κ2) is 16.9. The van der Waals surface area contributed by atoms with Gasteiger partial charge in [-0.25, -0.2) is 4.79 Å². The van der Waals surface area contributed by atoms with Crippen molar-refractivity contribution in [1.29, 1.82) is 0 Å². The topological polar surface area (TPSA) is 168 Å². The van der Waals surface area contributed by atoms with Crippen LogP contribution in [0.5, 0.6) is 0 Å². The van der Waals surface area contributed by atoms with E-state index < -0.39 is 43.1 Å². The normalized spacial score (nSPS) is 19.0. The van der Waals surface area contributed by atoms with Gasteiger partial charge >= 0.3 is 5.97 Å². The van der Waals surface area contributed by atoms with Crippen LogP contribution < -0.4 is 0 Å². The molecule has 9 heteroatoms. The molecule has 0 saturated heterocycles. The summed E-state index contributed by atoms with van der Waals surface area (Å²) in [5.74, 6) is -1.04. The molecule has 0 aliphatic carbocycles. The summed E-state index contributed by atoms with van der Waals surface area (Å²) in [5, 5.41) is 66.1. The molecule has 192 valence electrons. The van der Waals surface area contributed by atoms with E-state index in [-0.39, 0.29) is 18.3 Å². The van der Waals surface area contributed by atoms with Crippen LogP contribution in [0.2, 0.25) is 0 Å². The van der Waals surface area contributed by atoms with Crippen molar-refractivity contribution in [3.8, 4) is 0 Å². The number of carbonyl (C=O) groups is 1. The third-order valence-corrected chi connectivity index (χ3v) is 5.29. The van der Waals surface area contributed by atoms with E-state index >= 15 is 0 Å². The fourth-order valence-corrected chi connectivity index (χ4v) is 3.05. The van der Waals surface area contributed by atoms with Gasteiger partial charge in [-0.3, -0.25) is 0 Å². The number of aliphatic hydroxyl groups is 6. The van der Waals surface area contributed by atoms with Crippen LogP contribution in [0.3, 0.4) is 0 Å². The van der Waals surface area contributed by atoms with E-state index in [0.717, 1.165) is 24.8 Å². The predicted molar refractivity (Wildman–Crippen MR) is 125 cm³/mol. The summed E-state index contributed by atoms with van der Waals surface area (Å²) >= 11 is 0. The Morgan fingerprint density at radius 1 is 0.909 bits per heavy atom. The SMILES string of the molecule is C/C(=C\CCC(C)OCC(O)C(O)C(O)C(O)CO)CC/C=C(\C)CC(O)/C=C(\C)C(=O)O. The Bertz CT molecular complexity index is 656. The highest BCUT2D eigenvalue weighted by molar-refractivity contribution is 5.85. The smallest absolute Gasteiger partial charge is 0.331 e. The van der Waals surface area contributed by atoms with Crippen molar-refractivity contribution in [1.82, 2.24) is 0 Å².